The van der Waals surface area contributed by atoms with Gasteiger partial charge in [-0.1, -0.05) is 37.8 Å². The van der Waals surface area contributed by atoms with Crippen molar-refractivity contribution in [1.29, 1.82) is 0 Å². The molecule has 0 N–H and O–H groups in total. The maximum absolute atomic E-state index is 14.2. The Morgan fingerprint density at radius 3 is 2.34 bits per heavy atom. The second-order valence-corrected chi connectivity index (χ2v) is 18.1. The number of nitrogens with zero attached hydrogens (tertiary/aromatic N) is 3. The van der Waals surface area contributed by atoms with Crippen molar-refractivity contribution in [2.75, 3.05) is 19.7 Å². The number of amides is 1. The molecule has 3 heterocycles. The lowest BCUT2D eigenvalue weighted by molar-refractivity contribution is -0.137. The number of halogens is 4. The molecule has 0 fully saturated rings. The summed E-state index contributed by atoms with van der Waals surface area (Å²) in [5.74, 6) is -0.538. The van der Waals surface area contributed by atoms with E-state index in [9.17, 15) is 22.4 Å². The highest BCUT2D eigenvalue weighted by Crippen LogP contribution is 2.42. The van der Waals surface area contributed by atoms with Gasteiger partial charge in [0.05, 0.1) is 5.56 Å². The van der Waals surface area contributed by atoms with Gasteiger partial charge in [-0.2, -0.15) is 13.2 Å². The summed E-state index contributed by atoms with van der Waals surface area (Å²) in [6, 6.07) is 7.62. The molecule has 41 heavy (non-hydrogen) atoms. The van der Waals surface area contributed by atoms with Crippen LogP contribution in [0, 0.1) is 5.82 Å². The van der Waals surface area contributed by atoms with Crippen LogP contribution < -0.4 is 0 Å². The first-order valence-corrected chi connectivity index (χ1v) is 17.3. The molecule has 0 spiro atoms. The molecule has 1 amide bonds. The standard InChI is InChI=1S/C30H37F4N3O3Si/c1-29(2,3)40-28(38)36-13-11-20(12-14-36)25-17-23-26(21-7-9-22(31)10-8-21)24(30(32,33)34)18-35-27(23)37(25)19-39-15-16-41(4,5)6/h7-11,17-18H,12-16,19H2,1-6H3. The Kier molecular flexibility index (Phi) is 8.70. The minimum absolute atomic E-state index is 0.0589. The molecular weight excluding hydrogens is 554 g/mol. The van der Waals surface area contributed by atoms with Crippen molar-refractivity contribution in [2.45, 2.75) is 71.4 Å². The molecule has 0 saturated carbocycles. The molecule has 11 heteroatoms. The molecule has 0 atom stereocenters. The number of pyridine rings is 1. The van der Waals surface area contributed by atoms with E-state index in [1.54, 1.807) is 36.3 Å². The fraction of sp³-hybridized carbons (Fsp3) is 0.467. The fourth-order valence-electron chi connectivity index (χ4n) is 4.66. The third kappa shape index (κ3) is 7.56. The lowest BCUT2D eigenvalue weighted by Gasteiger charge is -2.29. The molecule has 0 aliphatic carbocycles. The van der Waals surface area contributed by atoms with Gasteiger partial charge in [-0.05, 0) is 62.6 Å². The number of rotatable bonds is 7. The molecule has 4 rings (SSSR count). The Bertz CT molecular complexity index is 1430. The highest BCUT2D eigenvalue weighted by Gasteiger charge is 2.36. The lowest BCUT2D eigenvalue weighted by Crippen LogP contribution is -2.39. The number of alkyl halides is 3. The van der Waals surface area contributed by atoms with Crippen LogP contribution in [0.2, 0.25) is 25.7 Å². The monoisotopic (exact) mass is 591 g/mol. The van der Waals surface area contributed by atoms with Gasteiger partial charge in [0.1, 0.15) is 23.8 Å². The van der Waals surface area contributed by atoms with Gasteiger partial charge in [-0.25, -0.2) is 14.2 Å². The summed E-state index contributed by atoms with van der Waals surface area (Å²) in [7, 11) is -1.37. The molecule has 1 aromatic carbocycles. The van der Waals surface area contributed by atoms with Gasteiger partial charge in [0.2, 0.25) is 0 Å². The van der Waals surface area contributed by atoms with Crippen molar-refractivity contribution in [3.8, 4) is 11.1 Å². The number of benzene rings is 1. The Labute approximate surface area is 239 Å². The smallest absolute Gasteiger partial charge is 0.418 e. The predicted molar refractivity (Wildman–Crippen MR) is 155 cm³/mol. The summed E-state index contributed by atoms with van der Waals surface area (Å²) in [6.45, 7) is 13.5. The van der Waals surface area contributed by atoms with E-state index < -0.39 is 37.3 Å². The van der Waals surface area contributed by atoms with E-state index in [-0.39, 0.29) is 17.9 Å². The van der Waals surface area contributed by atoms with E-state index in [2.05, 4.69) is 24.6 Å². The van der Waals surface area contributed by atoms with Gasteiger partial charge in [-0.15, -0.1) is 0 Å². The summed E-state index contributed by atoms with van der Waals surface area (Å²) in [5.41, 5.74) is 0.547. The van der Waals surface area contributed by atoms with Crippen molar-refractivity contribution in [3.05, 3.63) is 59.7 Å². The number of hydrogen-bond donors (Lipinski definition) is 0. The summed E-state index contributed by atoms with van der Waals surface area (Å²) in [4.78, 5) is 18.4. The first kappa shape index (κ1) is 30.8. The van der Waals surface area contributed by atoms with Crippen LogP contribution in [0.25, 0.3) is 27.7 Å². The molecule has 0 saturated heterocycles. The number of carbonyl (C=O) groups excluding carboxylic acids is 1. The van der Waals surface area contributed by atoms with Crippen LogP contribution in [-0.4, -0.2) is 53.9 Å². The SMILES string of the molecule is CC(C)(C)OC(=O)N1CC=C(c2cc3c(-c4ccc(F)cc4)c(C(F)(F)F)cnc3n2COCC[Si](C)(C)C)CC1. The molecule has 0 radical (unpaired) electrons. The van der Waals surface area contributed by atoms with Gasteiger partial charge in [0, 0.05) is 50.6 Å². The topological polar surface area (TPSA) is 56.6 Å². The number of carbonyl (C=O) groups is 1. The Morgan fingerprint density at radius 1 is 1.10 bits per heavy atom. The Morgan fingerprint density at radius 2 is 1.78 bits per heavy atom. The van der Waals surface area contributed by atoms with Crippen LogP contribution in [0.5, 0.6) is 0 Å². The molecule has 1 aliphatic heterocycles. The molecule has 0 bridgehead atoms. The third-order valence-electron chi connectivity index (χ3n) is 6.77. The van der Waals surface area contributed by atoms with Gasteiger partial charge >= 0.3 is 12.3 Å². The second-order valence-electron chi connectivity index (χ2n) is 12.5. The summed E-state index contributed by atoms with van der Waals surface area (Å²) >= 11 is 0. The third-order valence-corrected chi connectivity index (χ3v) is 8.47. The van der Waals surface area contributed by atoms with Crippen molar-refractivity contribution >= 4 is 30.8 Å². The average molecular weight is 592 g/mol. The lowest BCUT2D eigenvalue weighted by atomic mass is 9.97. The first-order valence-electron chi connectivity index (χ1n) is 13.6. The molecule has 2 aromatic heterocycles. The van der Waals surface area contributed by atoms with E-state index >= 15 is 0 Å². The zero-order valence-electron chi connectivity index (χ0n) is 24.4. The van der Waals surface area contributed by atoms with Gasteiger partial charge in [-0.3, -0.25) is 0 Å². The van der Waals surface area contributed by atoms with Crippen LogP contribution in [0.4, 0.5) is 22.4 Å². The molecule has 6 nitrogen and oxygen atoms in total. The summed E-state index contributed by atoms with van der Waals surface area (Å²) in [6.07, 6.45) is -1.88. The van der Waals surface area contributed by atoms with E-state index in [1.165, 1.54) is 12.1 Å². The van der Waals surface area contributed by atoms with Crippen molar-refractivity contribution < 1.29 is 31.8 Å². The maximum atomic E-state index is 14.2. The largest absolute Gasteiger partial charge is 0.444 e. The molecular formula is C30H37F4N3O3Si. The van der Waals surface area contributed by atoms with Crippen molar-refractivity contribution in [2.24, 2.45) is 0 Å². The molecule has 0 unspecified atom stereocenters. The van der Waals surface area contributed by atoms with Crippen LogP contribution in [0.15, 0.2) is 42.6 Å². The quantitative estimate of drug-likeness (QED) is 0.158. The molecule has 222 valence electrons. The number of aromatic nitrogens is 2. The normalized spacial score (nSPS) is 14.9. The van der Waals surface area contributed by atoms with Crippen molar-refractivity contribution in [3.63, 3.8) is 0 Å². The average Bonchev–Trinajstić information content (AvgIpc) is 3.23. The molecule has 1 aliphatic rings. The number of ether oxygens (including phenoxy) is 2. The Balaban J connectivity index is 1.80. The van der Waals surface area contributed by atoms with Crippen LogP contribution in [-0.2, 0) is 22.4 Å². The maximum Gasteiger partial charge on any atom is 0.418 e. The summed E-state index contributed by atoms with van der Waals surface area (Å²) < 4.78 is 69.6. The van der Waals surface area contributed by atoms with Crippen LogP contribution in [0.1, 0.15) is 38.4 Å². The highest BCUT2D eigenvalue weighted by atomic mass is 28.3. The zero-order chi connectivity index (χ0) is 30.2. The van der Waals surface area contributed by atoms with E-state index in [0.717, 1.165) is 29.9 Å². The predicted octanol–water partition coefficient (Wildman–Crippen LogP) is 8.20. The Hall–Kier alpha value is -3.18. The summed E-state index contributed by atoms with van der Waals surface area (Å²) in [5, 5.41) is 0.297. The highest BCUT2D eigenvalue weighted by molar-refractivity contribution is 6.76. The van der Waals surface area contributed by atoms with Gasteiger partial charge < -0.3 is 18.9 Å². The first-order chi connectivity index (χ1) is 19.0. The minimum Gasteiger partial charge on any atom is -0.444 e. The van der Waals surface area contributed by atoms with E-state index in [1.807, 2.05) is 6.08 Å². The number of fused-ring (bicyclic) bond motifs is 1. The zero-order valence-corrected chi connectivity index (χ0v) is 25.4. The van der Waals surface area contributed by atoms with Crippen molar-refractivity contribution in [1.82, 2.24) is 14.5 Å². The van der Waals surface area contributed by atoms with E-state index in [4.69, 9.17) is 9.47 Å². The fourth-order valence-corrected chi connectivity index (χ4v) is 5.42. The molecule has 3 aromatic rings. The minimum atomic E-state index is -4.67. The van der Waals surface area contributed by atoms with Crippen LogP contribution >= 0.6 is 0 Å². The number of hydrogen-bond acceptors (Lipinski definition) is 4. The van der Waals surface area contributed by atoms with Crippen LogP contribution in [0.3, 0.4) is 0 Å². The van der Waals surface area contributed by atoms with E-state index in [0.29, 0.717) is 42.8 Å². The van der Waals surface area contributed by atoms with Gasteiger partial charge in [0.15, 0.2) is 0 Å². The van der Waals surface area contributed by atoms with Gasteiger partial charge in [0.25, 0.3) is 0 Å². The second kappa shape index (κ2) is 11.6.